The predicted octanol–water partition coefficient (Wildman–Crippen LogP) is 1.83. The summed E-state index contributed by atoms with van der Waals surface area (Å²) in [5.41, 5.74) is 2.53. The molecule has 1 aromatic rings. The summed E-state index contributed by atoms with van der Waals surface area (Å²) in [6.07, 6.45) is 2.63. The molecule has 1 aromatic carbocycles. The van der Waals surface area contributed by atoms with Crippen molar-refractivity contribution in [2.45, 2.75) is 26.2 Å². The summed E-state index contributed by atoms with van der Waals surface area (Å²) >= 11 is 0. The summed E-state index contributed by atoms with van der Waals surface area (Å²) in [5, 5.41) is 0. The third kappa shape index (κ3) is 3.07. The molecular formula is C13H19NO2S. The second-order valence-corrected chi connectivity index (χ2v) is 6.58. The van der Waals surface area contributed by atoms with Gasteiger partial charge in [-0.1, -0.05) is 31.2 Å². The Hall–Kier alpha value is -0.870. The van der Waals surface area contributed by atoms with E-state index in [-0.39, 0.29) is 0 Å². The molecular weight excluding hydrogens is 234 g/mol. The minimum absolute atomic E-state index is 0.321. The summed E-state index contributed by atoms with van der Waals surface area (Å²) < 4.78 is 24.8. The topological polar surface area (TPSA) is 37.4 Å². The zero-order valence-electron chi connectivity index (χ0n) is 10.2. The van der Waals surface area contributed by atoms with Gasteiger partial charge in [0.05, 0.1) is 5.75 Å². The molecule has 1 saturated heterocycles. The maximum Gasteiger partial charge on any atom is 0.214 e. The number of hydrogen-bond acceptors (Lipinski definition) is 2. The van der Waals surface area contributed by atoms with Crippen molar-refractivity contribution in [3.05, 3.63) is 35.4 Å². The monoisotopic (exact) mass is 253 g/mol. The van der Waals surface area contributed by atoms with Gasteiger partial charge in [0.15, 0.2) is 0 Å². The first-order valence-electron chi connectivity index (χ1n) is 6.17. The van der Waals surface area contributed by atoms with Crippen molar-refractivity contribution < 1.29 is 8.42 Å². The highest BCUT2D eigenvalue weighted by molar-refractivity contribution is 7.89. The van der Waals surface area contributed by atoms with E-state index in [1.165, 1.54) is 11.1 Å². The minimum Gasteiger partial charge on any atom is -0.212 e. The first-order chi connectivity index (χ1) is 8.12. The molecule has 0 amide bonds. The molecule has 0 N–H and O–H groups in total. The van der Waals surface area contributed by atoms with Gasteiger partial charge in [0, 0.05) is 13.1 Å². The van der Waals surface area contributed by atoms with Crippen molar-refractivity contribution in [1.29, 1.82) is 0 Å². The molecule has 0 aliphatic carbocycles. The smallest absolute Gasteiger partial charge is 0.212 e. The van der Waals surface area contributed by atoms with Crippen LogP contribution in [0.25, 0.3) is 0 Å². The van der Waals surface area contributed by atoms with Gasteiger partial charge in [-0.25, -0.2) is 12.7 Å². The zero-order chi connectivity index (χ0) is 12.3. The van der Waals surface area contributed by atoms with Gasteiger partial charge < -0.3 is 0 Å². The lowest BCUT2D eigenvalue weighted by atomic mass is 10.1. The second-order valence-electron chi connectivity index (χ2n) is 4.49. The number of nitrogens with zero attached hydrogens (tertiary/aromatic N) is 1. The summed E-state index contributed by atoms with van der Waals surface area (Å²) in [5.74, 6) is 0.321. The van der Waals surface area contributed by atoms with E-state index in [9.17, 15) is 8.42 Å². The lowest BCUT2D eigenvalue weighted by molar-refractivity contribution is 0.447. The Morgan fingerprint density at radius 3 is 2.35 bits per heavy atom. The fourth-order valence-electron chi connectivity index (χ4n) is 2.14. The van der Waals surface area contributed by atoms with Crippen molar-refractivity contribution in [2.75, 3.05) is 18.8 Å². The maximum absolute atomic E-state index is 11.6. The van der Waals surface area contributed by atoms with Gasteiger partial charge in [-0.05, 0) is 30.4 Å². The fraction of sp³-hybridized carbons (Fsp3) is 0.538. The van der Waals surface area contributed by atoms with Crippen LogP contribution >= 0.6 is 0 Å². The Kier molecular flexibility index (Phi) is 3.84. The van der Waals surface area contributed by atoms with Gasteiger partial charge in [-0.15, -0.1) is 0 Å². The van der Waals surface area contributed by atoms with Gasteiger partial charge in [0.25, 0.3) is 0 Å². The third-order valence-corrected chi connectivity index (χ3v) is 5.24. The van der Waals surface area contributed by atoms with E-state index in [0.717, 1.165) is 19.3 Å². The van der Waals surface area contributed by atoms with Gasteiger partial charge in [-0.3, -0.25) is 0 Å². The van der Waals surface area contributed by atoms with Crippen LogP contribution in [0.2, 0.25) is 0 Å². The van der Waals surface area contributed by atoms with E-state index in [1.807, 2.05) is 0 Å². The van der Waals surface area contributed by atoms with E-state index in [1.54, 1.807) is 4.31 Å². The van der Waals surface area contributed by atoms with E-state index in [2.05, 4.69) is 31.2 Å². The summed E-state index contributed by atoms with van der Waals surface area (Å²) in [7, 11) is -2.94. The van der Waals surface area contributed by atoms with Crippen LogP contribution in [-0.2, 0) is 22.9 Å². The molecule has 2 rings (SSSR count). The Labute approximate surface area is 104 Å². The molecule has 17 heavy (non-hydrogen) atoms. The van der Waals surface area contributed by atoms with Crippen LogP contribution in [0.3, 0.4) is 0 Å². The van der Waals surface area contributed by atoms with Crippen molar-refractivity contribution in [3.8, 4) is 0 Å². The van der Waals surface area contributed by atoms with Crippen LogP contribution in [0.1, 0.15) is 24.5 Å². The number of sulfonamides is 1. The molecule has 3 nitrogen and oxygen atoms in total. The molecule has 1 fully saturated rings. The summed E-state index contributed by atoms with van der Waals surface area (Å²) in [6.45, 7) is 3.44. The lowest BCUT2D eigenvalue weighted by Crippen LogP contribution is -2.27. The van der Waals surface area contributed by atoms with Crippen molar-refractivity contribution in [1.82, 2.24) is 4.31 Å². The van der Waals surface area contributed by atoms with E-state index >= 15 is 0 Å². The average molecular weight is 253 g/mol. The molecule has 0 saturated carbocycles. The molecule has 1 heterocycles. The quantitative estimate of drug-likeness (QED) is 0.821. The van der Waals surface area contributed by atoms with Gasteiger partial charge in [0.2, 0.25) is 10.0 Å². The number of hydrogen-bond donors (Lipinski definition) is 0. The van der Waals surface area contributed by atoms with E-state index in [0.29, 0.717) is 18.8 Å². The number of benzene rings is 1. The SMILES string of the molecule is CCc1ccc(CCN2CCCS2(=O)=O)cc1. The Morgan fingerprint density at radius 1 is 1.18 bits per heavy atom. The molecule has 0 bridgehead atoms. The Balaban J connectivity index is 1.93. The van der Waals surface area contributed by atoms with Crippen LogP contribution in [-0.4, -0.2) is 31.6 Å². The third-order valence-electron chi connectivity index (χ3n) is 3.28. The first kappa shape index (κ1) is 12.6. The highest BCUT2D eigenvalue weighted by Gasteiger charge is 2.27. The number of rotatable bonds is 4. The van der Waals surface area contributed by atoms with Crippen molar-refractivity contribution >= 4 is 10.0 Å². The van der Waals surface area contributed by atoms with Crippen LogP contribution in [0.5, 0.6) is 0 Å². The molecule has 4 heteroatoms. The van der Waals surface area contributed by atoms with Crippen LogP contribution in [0, 0.1) is 0 Å². The normalized spacial score (nSPS) is 19.6. The van der Waals surface area contributed by atoms with E-state index in [4.69, 9.17) is 0 Å². The lowest BCUT2D eigenvalue weighted by Gasteiger charge is -2.13. The molecule has 0 unspecified atom stereocenters. The highest BCUT2D eigenvalue weighted by Crippen LogP contribution is 2.14. The highest BCUT2D eigenvalue weighted by atomic mass is 32.2. The largest absolute Gasteiger partial charge is 0.214 e. The Morgan fingerprint density at radius 2 is 1.82 bits per heavy atom. The summed E-state index contributed by atoms with van der Waals surface area (Å²) in [6, 6.07) is 8.44. The van der Waals surface area contributed by atoms with Crippen LogP contribution in [0.15, 0.2) is 24.3 Å². The second kappa shape index (κ2) is 5.19. The molecule has 0 radical (unpaired) electrons. The van der Waals surface area contributed by atoms with Gasteiger partial charge in [-0.2, -0.15) is 0 Å². The van der Waals surface area contributed by atoms with Crippen LogP contribution in [0.4, 0.5) is 0 Å². The average Bonchev–Trinajstić information content (AvgIpc) is 2.66. The predicted molar refractivity (Wildman–Crippen MR) is 69.5 cm³/mol. The van der Waals surface area contributed by atoms with Crippen LogP contribution < -0.4 is 0 Å². The van der Waals surface area contributed by atoms with Gasteiger partial charge in [0.1, 0.15) is 0 Å². The van der Waals surface area contributed by atoms with Crippen molar-refractivity contribution in [2.24, 2.45) is 0 Å². The number of aryl methyl sites for hydroxylation is 1. The molecule has 0 aromatic heterocycles. The Bertz CT molecular complexity index is 465. The summed E-state index contributed by atoms with van der Waals surface area (Å²) in [4.78, 5) is 0. The minimum atomic E-state index is -2.94. The molecule has 94 valence electrons. The van der Waals surface area contributed by atoms with Crippen molar-refractivity contribution in [3.63, 3.8) is 0 Å². The molecule has 1 aliphatic heterocycles. The zero-order valence-corrected chi connectivity index (χ0v) is 11.0. The van der Waals surface area contributed by atoms with E-state index < -0.39 is 10.0 Å². The fourth-order valence-corrected chi connectivity index (χ4v) is 3.67. The standard InChI is InChI=1S/C13H19NO2S/c1-2-12-4-6-13(7-5-12)8-10-14-9-3-11-17(14,15)16/h4-7H,2-3,8-11H2,1H3. The maximum atomic E-state index is 11.6. The molecule has 0 spiro atoms. The first-order valence-corrected chi connectivity index (χ1v) is 7.78. The van der Waals surface area contributed by atoms with Gasteiger partial charge >= 0.3 is 0 Å². The molecule has 1 aliphatic rings. The molecule has 0 atom stereocenters.